The maximum absolute atomic E-state index is 12.5. The number of ether oxygens (including phenoxy) is 1. The molecule has 1 N–H and O–H groups in total. The molecule has 1 aliphatic carbocycles. The molecule has 1 aromatic heterocycles. The van der Waals surface area contributed by atoms with Gasteiger partial charge in [0.15, 0.2) is 10.1 Å². The highest BCUT2D eigenvalue weighted by Gasteiger charge is 2.22. The van der Waals surface area contributed by atoms with Crippen molar-refractivity contribution in [3.8, 4) is 5.75 Å². The number of hydrogen-bond donors (Lipinski definition) is 1. The summed E-state index contributed by atoms with van der Waals surface area (Å²) < 4.78 is 6.43. The fourth-order valence-corrected chi connectivity index (χ4v) is 5.23. The average Bonchev–Trinajstić information content (AvgIpc) is 3.30. The van der Waals surface area contributed by atoms with E-state index < -0.39 is 0 Å². The Balaban J connectivity index is 1.23. The number of thioether (sulfide) groups is 1. The molecule has 1 aliphatic rings. The molecular formula is C24H25N3O3S2. The second-order valence-electron chi connectivity index (χ2n) is 7.71. The number of anilines is 1. The second kappa shape index (κ2) is 11.2. The molecule has 0 aliphatic heterocycles. The third kappa shape index (κ3) is 6.40. The molecule has 4 rings (SSSR count). The first-order valence-electron chi connectivity index (χ1n) is 10.7. The number of amides is 1. The summed E-state index contributed by atoms with van der Waals surface area (Å²) in [5.41, 5.74) is 1.72. The highest BCUT2D eigenvalue weighted by molar-refractivity contribution is 8.01. The zero-order valence-corrected chi connectivity index (χ0v) is 19.3. The minimum atomic E-state index is 0.00704. The van der Waals surface area contributed by atoms with Crippen LogP contribution in [0.4, 0.5) is 5.13 Å². The van der Waals surface area contributed by atoms with Gasteiger partial charge in [0, 0.05) is 11.5 Å². The average molecular weight is 468 g/mol. The lowest BCUT2D eigenvalue weighted by molar-refractivity contribution is -0.120. The Hall–Kier alpha value is -2.71. The lowest BCUT2D eigenvalue weighted by Gasteiger charge is -2.19. The van der Waals surface area contributed by atoms with E-state index in [1.807, 2.05) is 42.5 Å². The summed E-state index contributed by atoms with van der Waals surface area (Å²) in [6.45, 7) is 0.487. The minimum Gasteiger partial charge on any atom is -0.489 e. The number of nitrogens with zero attached hydrogens (tertiary/aromatic N) is 2. The first kappa shape index (κ1) is 22.5. The monoisotopic (exact) mass is 467 g/mol. The van der Waals surface area contributed by atoms with Crippen molar-refractivity contribution in [1.82, 2.24) is 10.2 Å². The van der Waals surface area contributed by atoms with E-state index in [0.717, 1.165) is 37.0 Å². The molecule has 166 valence electrons. The normalized spacial score (nSPS) is 14.1. The predicted octanol–water partition coefficient (Wildman–Crippen LogP) is 5.61. The maximum atomic E-state index is 12.5. The number of aromatic nitrogens is 2. The van der Waals surface area contributed by atoms with Crippen molar-refractivity contribution in [2.75, 3.05) is 11.1 Å². The number of Topliss-reactive ketones (excluding diaryl/α,β-unsaturated/α-hetero) is 1. The number of hydrogen-bond acceptors (Lipinski definition) is 7. The number of rotatable bonds is 9. The molecule has 0 radical (unpaired) electrons. The zero-order chi connectivity index (χ0) is 22.2. The molecule has 0 saturated heterocycles. The van der Waals surface area contributed by atoms with Crippen molar-refractivity contribution in [2.45, 2.75) is 43.1 Å². The van der Waals surface area contributed by atoms with Gasteiger partial charge in [0.05, 0.1) is 5.75 Å². The van der Waals surface area contributed by atoms with Crippen LogP contribution in [-0.2, 0) is 11.4 Å². The van der Waals surface area contributed by atoms with Gasteiger partial charge >= 0.3 is 0 Å². The van der Waals surface area contributed by atoms with E-state index in [4.69, 9.17) is 4.74 Å². The van der Waals surface area contributed by atoms with Crippen molar-refractivity contribution < 1.29 is 14.3 Å². The summed E-state index contributed by atoms with van der Waals surface area (Å²) in [6.07, 6.45) is 5.31. The van der Waals surface area contributed by atoms with Gasteiger partial charge < -0.3 is 10.1 Å². The first-order valence-corrected chi connectivity index (χ1v) is 12.5. The Labute approximate surface area is 195 Å². The first-order chi connectivity index (χ1) is 15.7. The van der Waals surface area contributed by atoms with Crippen LogP contribution < -0.4 is 10.1 Å². The fraction of sp³-hybridized carbons (Fsp3) is 0.333. The summed E-state index contributed by atoms with van der Waals surface area (Å²) in [5, 5.41) is 11.5. The quantitative estimate of drug-likeness (QED) is 0.250. The lowest BCUT2D eigenvalue weighted by Crippen LogP contribution is -2.24. The van der Waals surface area contributed by atoms with Crippen LogP contribution in [0.1, 0.15) is 48.0 Å². The molecule has 32 heavy (non-hydrogen) atoms. The largest absolute Gasteiger partial charge is 0.489 e. The molecule has 1 heterocycles. The third-order valence-corrected chi connectivity index (χ3v) is 7.34. The molecule has 0 bridgehead atoms. The standard InChI is InChI=1S/C24H25N3O3S2/c28-21(18-11-13-20(14-12-18)30-15-17-7-3-1-4-8-17)16-31-24-27-26-23(32-24)25-22(29)19-9-5-2-6-10-19/h1,3-4,7-8,11-14,19H,2,5-6,9-10,15-16H2,(H,25,26,29). The predicted molar refractivity (Wildman–Crippen MR) is 127 cm³/mol. The Morgan fingerprint density at radius 2 is 1.75 bits per heavy atom. The van der Waals surface area contributed by atoms with Gasteiger partial charge in [-0.1, -0.05) is 72.7 Å². The lowest BCUT2D eigenvalue weighted by atomic mass is 9.89. The Morgan fingerprint density at radius 1 is 1.00 bits per heavy atom. The van der Waals surface area contributed by atoms with E-state index in [1.54, 1.807) is 12.1 Å². The number of carbonyl (C=O) groups excluding carboxylic acids is 2. The highest BCUT2D eigenvalue weighted by Crippen LogP contribution is 2.29. The van der Waals surface area contributed by atoms with E-state index in [-0.39, 0.29) is 23.4 Å². The molecule has 3 aromatic rings. The van der Waals surface area contributed by atoms with Crippen molar-refractivity contribution in [3.63, 3.8) is 0 Å². The fourth-order valence-electron chi connectivity index (χ4n) is 3.58. The van der Waals surface area contributed by atoms with Gasteiger partial charge in [-0.05, 0) is 42.7 Å². The number of benzene rings is 2. The third-order valence-electron chi connectivity index (χ3n) is 5.36. The van der Waals surface area contributed by atoms with Gasteiger partial charge in [-0.3, -0.25) is 9.59 Å². The van der Waals surface area contributed by atoms with Crippen LogP contribution in [0.3, 0.4) is 0 Å². The molecule has 1 amide bonds. The molecule has 1 saturated carbocycles. The number of carbonyl (C=O) groups is 2. The molecule has 0 atom stereocenters. The summed E-state index contributed by atoms with van der Waals surface area (Å²) in [5.74, 6) is 1.09. The molecule has 0 spiro atoms. The van der Waals surface area contributed by atoms with Crippen molar-refractivity contribution >= 4 is 39.9 Å². The van der Waals surface area contributed by atoms with Gasteiger partial charge in [-0.15, -0.1) is 10.2 Å². The summed E-state index contributed by atoms with van der Waals surface area (Å²) >= 11 is 2.64. The maximum Gasteiger partial charge on any atom is 0.229 e. The Bertz CT molecular complexity index is 1030. The van der Waals surface area contributed by atoms with Crippen LogP contribution in [-0.4, -0.2) is 27.6 Å². The van der Waals surface area contributed by atoms with Crippen LogP contribution in [0.25, 0.3) is 0 Å². The van der Waals surface area contributed by atoms with Crippen molar-refractivity contribution in [1.29, 1.82) is 0 Å². The minimum absolute atomic E-state index is 0.00704. The van der Waals surface area contributed by atoms with Crippen LogP contribution in [0.5, 0.6) is 5.75 Å². The molecule has 2 aromatic carbocycles. The van der Waals surface area contributed by atoms with Gasteiger partial charge in [-0.2, -0.15) is 0 Å². The van der Waals surface area contributed by atoms with Crippen LogP contribution in [0, 0.1) is 5.92 Å². The number of ketones is 1. The van der Waals surface area contributed by atoms with Crippen LogP contribution >= 0.6 is 23.1 Å². The van der Waals surface area contributed by atoms with Gasteiger partial charge in [0.2, 0.25) is 11.0 Å². The van der Waals surface area contributed by atoms with Gasteiger partial charge in [0.25, 0.3) is 0 Å². The topological polar surface area (TPSA) is 81.2 Å². The van der Waals surface area contributed by atoms with E-state index in [1.165, 1.54) is 29.5 Å². The molecule has 0 unspecified atom stereocenters. The summed E-state index contributed by atoms with van der Waals surface area (Å²) in [7, 11) is 0. The summed E-state index contributed by atoms with van der Waals surface area (Å²) in [4.78, 5) is 24.9. The van der Waals surface area contributed by atoms with Gasteiger partial charge in [-0.25, -0.2) is 0 Å². The Morgan fingerprint density at radius 3 is 2.50 bits per heavy atom. The van der Waals surface area contributed by atoms with E-state index in [2.05, 4.69) is 15.5 Å². The van der Waals surface area contributed by atoms with Crippen LogP contribution in [0.2, 0.25) is 0 Å². The Kier molecular flexibility index (Phi) is 7.90. The second-order valence-corrected chi connectivity index (χ2v) is 9.91. The molecule has 1 fully saturated rings. The van der Waals surface area contributed by atoms with Crippen molar-refractivity contribution in [2.24, 2.45) is 5.92 Å². The molecule has 8 heteroatoms. The highest BCUT2D eigenvalue weighted by atomic mass is 32.2. The summed E-state index contributed by atoms with van der Waals surface area (Å²) in [6, 6.07) is 17.1. The SMILES string of the molecule is O=C(CSc1nnc(NC(=O)C2CCCCC2)s1)c1ccc(OCc2ccccc2)cc1. The zero-order valence-electron chi connectivity index (χ0n) is 17.7. The smallest absolute Gasteiger partial charge is 0.229 e. The van der Waals surface area contributed by atoms with Crippen molar-refractivity contribution in [3.05, 3.63) is 65.7 Å². The van der Waals surface area contributed by atoms with E-state index >= 15 is 0 Å². The van der Waals surface area contributed by atoms with Crippen LogP contribution in [0.15, 0.2) is 58.9 Å². The molecular weight excluding hydrogens is 442 g/mol. The van der Waals surface area contributed by atoms with E-state index in [9.17, 15) is 9.59 Å². The number of nitrogens with one attached hydrogen (secondary N) is 1. The van der Waals surface area contributed by atoms with E-state index in [0.29, 0.717) is 21.6 Å². The van der Waals surface area contributed by atoms with Gasteiger partial charge in [0.1, 0.15) is 12.4 Å². The molecule has 6 nitrogen and oxygen atoms in total.